The molecular formula is C13H16Cl2. The molecule has 2 rings (SSSR count). The van der Waals surface area contributed by atoms with Crippen molar-refractivity contribution < 1.29 is 0 Å². The summed E-state index contributed by atoms with van der Waals surface area (Å²) in [5, 5.41) is 0. The standard InChI is InChI=1S/C13H16Cl2/c1-9-4-6-11(7-5-9)10(2)12(3)8-13(12,14)15/h4-7,10H,8H2,1-3H3. The van der Waals surface area contributed by atoms with Crippen molar-refractivity contribution >= 4 is 23.2 Å². The zero-order valence-corrected chi connectivity index (χ0v) is 10.9. The monoisotopic (exact) mass is 242 g/mol. The zero-order valence-electron chi connectivity index (χ0n) is 9.35. The highest BCUT2D eigenvalue weighted by atomic mass is 35.5. The molecule has 0 aromatic heterocycles. The van der Waals surface area contributed by atoms with Crippen LogP contribution in [-0.2, 0) is 0 Å². The average molecular weight is 243 g/mol. The topological polar surface area (TPSA) is 0 Å². The first kappa shape index (κ1) is 11.3. The minimum atomic E-state index is -0.530. The number of hydrogen-bond acceptors (Lipinski definition) is 0. The summed E-state index contributed by atoms with van der Waals surface area (Å²) in [5.74, 6) is 0.410. The van der Waals surface area contributed by atoms with Crippen molar-refractivity contribution in [1.29, 1.82) is 0 Å². The SMILES string of the molecule is Cc1ccc(C(C)C2(C)CC2(Cl)Cl)cc1. The lowest BCUT2D eigenvalue weighted by Gasteiger charge is -2.21. The summed E-state index contributed by atoms with van der Waals surface area (Å²) in [6, 6.07) is 8.63. The summed E-state index contributed by atoms with van der Waals surface area (Å²) in [7, 11) is 0. The van der Waals surface area contributed by atoms with Crippen molar-refractivity contribution in [3.63, 3.8) is 0 Å². The van der Waals surface area contributed by atoms with Gasteiger partial charge in [-0.25, -0.2) is 0 Å². The first-order valence-corrected chi connectivity index (χ1v) is 6.07. The normalized spacial score (nSPS) is 29.9. The van der Waals surface area contributed by atoms with E-state index in [0.717, 1.165) is 6.42 Å². The molecule has 1 aromatic carbocycles. The van der Waals surface area contributed by atoms with E-state index < -0.39 is 4.33 Å². The lowest BCUT2D eigenvalue weighted by Crippen LogP contribution is -2.13. The van der Waals surface area contributed by atoms with Crippen molar-refractivity contribution in [2.45, 2.75) is 37.4 Å². The highest BCUT2D eigenvalue weighted by Gasteiger charge is 2.65. The van der Waals surface area contributed by atoms with Gasteiger partial charge in [0.1, 0.15) is 4.33 Å². The molecule has 0 N–H and O–H groups in total. The molecule has 0 saturated heterocycles. The molecular weight excluding hydrogens is 227 g/mol. The van der Waals surface area contributed by atoms with Crippen LogP contribution >= 0.6 is 23.2 Å². The van der Waals surface area contributed by atoms with E-state index in [1.807, 2.05) is 0 Å². The Labute approximate surface area is 102 Å². The molecule has 2 unspecified atom stereocenters. The largest absolute Gasteiger partial charge is 0.125 e. The zero-order chi connectivity index (χ0) is 11.3. The van der Waals surface area contributed by atoms with E-state index in [1.165, 1.54) is 11.1 Å². The van der Waals surface area contributed by atoms with Crippen LogP contribution in [0.2, 0.25) is 0 Å². The number of hydrogen-bond donors (Lipinski definition) is 0. The highest BCUT2D eigenvalue weighted by molar-refractivity contribution is 6.51. The molecule has 0 radical (unpaired) electrons. The molecule has 2 heteroatoms. The van der Waals surface area contributed by atoms with Crippen LogP contribution in [0, 0.1) is 12.3 Å². The molecule has 1 saturated carbocycles. The van der Waals surface area contributed by atoms with E-state index in [0.29, 0.717) is 5.92 Å². The van der Waals surface area contributed by atoms with Crippen LogP contribution in [0.5, 0.6) is 0 Å². The molecule has 1 aliphatic rings. The fourth-order valence-corrected chi connectivity index (χ4v) is 2.99. The molecule has 0 spiro atoms. The van der Waals surface area contributed by atoms with Crippen LogP contribution in [0.4, 0.5) is 0 Å². The van der Waals surface area contributed by atoms with Crippen molar-refractivity contribution in [2.24, 2.45) is 5.41 Å². The predicted molar refractivity (Wildman–Crippen MR) is 66.8 cm³/mol. The molecule has 1 fully saturated rings. The van der Waals surface area contributed by atoms with Gasteiger partial charge in [0.15, 0.2) is 0 Å². The van der Waals surface area contributed by atoms with Crippen LogP contribution in [0.25, 0.3) is 0 Å². The third-order valence-electron chi connectivity index (χ3n) is 3.83. The van der Waals surface area contributed by atoms with E-state index in [-0.39, 0.29) is 5.41 Å². The molecule has 0 aliphatic heterocycles. The lowest BCUT2D eigenvalue weighted by molar-refractivity contribution is 0.462. The summed E-state index contributed by atoms with van der Waals surface area (Å²) < 4.78 is -0.530. The van der Waals surface area contributed by atoms with Gasteiger partial charge in [0.05, 0.1) is 0 Å². The van der Waals surface area contributed by atoms with Crippen LogP contribution in [0.1, 0.15) is 37.3 Å². The summed E-state index contributed by atoms with van der Waals surface area (Å²) in [6.07, 6.45) is 0.887. The van der Waals surface area contributed by atoms with E-state index in [4.69, 9.17) is 23.2 Å². The quantitative estimate of drug-likeness (QED) is 0.661. The number of alkyl halides is 2. The second-order valence-electron chi connectivity index (χ2n) is 4.93. The van der Waals surface area contributed by atoms with Crippen LogP contribution in [0.3, 0.4) is 0 Å². The predicted octanol–water partition coefficient (Wildman–Crippen LogP) is 4.68. The Balaban J connectivity index is 2.23. The smallest absolute Gasteiger partial charge is 0.101 e. The summed E-state index contributed by atoms with van der Waals surface area (Å²) in [5.41, 5.74) is 2.65. The van der Waals surface area contributed by atoms with Crippen LogP contribution in [-0.4, -0.2) is 4.33 Å². The van der Waals surface area contributed by atoms with Gasteiger partial charge in [-0.15, -0.1) is 23.2 Å². The number of halogens is 2. The number of rotatable bonds is 2. The Morgan fingerprint density at radius 3 is 2.07 bits per heavy atom. The van der Waals surface area contributed by atoms with Gasteiger partial charge in [-0.2, -0.15) is 0 Å². The molecule has 0 amide bonds. The van der Waals surface area contributed by atoms with Crippen molar-refractivity contribution in [1.82, 2.24) is 0 Å². The second-order valence-corrected chi connectivity index (χ2v) is 6.41. The lowest BCUT2D eigenvalue weighted by atomic mass is 9.86. The molecule has 2 atom stereocenters. The maximum atomic E-state index is 6.19. The molecule has 1 aromatic rings. The molecule has 0 nitrogen and oxygen atoms in total. The van der Waals surface area contributed by atoms with E-state index in [9.17, 15) is 0 Å². The van der Waals surface area contributed by atoms with Crippen LogP contribution in [0.15, 0.2) is 24.3 Å². The molecule has 15 heavy (non-hydrogen) atoms. The maximum Gasteiger partial charge on any atom is 0.125 e. The van der Waals surface area contributed by atoms with Gasteiger partial charge in [-0.05, 0) is 24.8 Å². The van der Waals surface area contributed by atoms with E-state index in [1.54, 1.807) is 0 Å². The van der Waals surface area contributed by atoms with Gasteiger partial charge in [-0.1, -0.05) is 43.7 Å². The van der Waals surface area contributed by atoms with E-state index in [2.05, 4.69) is 45.0 Å². The minimum absolute atomic E-state index is 0.0331. The summed E-state index contributed by atoms with van der Waals surface area (Å²) >= 11 is 12.4. The fourth-order valence-electron chi connectivity index (χ4n) is 2.11. The summed E-state index contributed by atoms with van der Waals surface area (Å²) in [6.45, 7) is 6.47. The Morgan fingerprint density at radius 1 is 1.20 bits per heavy atom. The van der Waals surface area contributed by atoms with Crippen molar-refractivity contribution in [3.8, 4) is 0 Å². The first-order chi connectivity index (χ1) is 6.87. The molecule has 1 aliphatic carbocycles. The number of benzene rings is 1. The van der Waals surface area contributed by atoms with Gasteiger partial charge in [0.2, 0.25) is 0 Å². The molecule has 0 bridgehead atoms. The van der Waals surface area contributed by atoms with Gasteiger partial charge < -0.3 is 0 Å². The Kier molecular flexibility index (Phi) is 2.56. The maximum absolute atomic E-state index is 6.19. The van der Waals surface area contributed by atoms with E-state index >= 15 is 0 Å². The highest BCUT2D eigenvalue weighted by Crippen LogP contribution is 2.69. The third kappa shape index (κ3) is 1.79. The van der Waals surface area contributed by atoms with Crippen molar-refractivity contribution in [3.05, 3.63) is 35.4 Å². The second kappa shape index (κ2) is 3.40. The van der Waals surface area contributed by atoms with Gasteiger partial charge in [-0.3, -0.25) is 0 Å². The Bertz CT molecular complexity index is 367. The molecule has 82 valence electrons. The first-order valence-electron chi connectivity index (χ1n) is 5.31. The Morgan fingerprint density at radius 2 is 1.67 bits per heavy atom. The summed E-state index contributed by atoms with van der Waals surface area (Å²) in [4.78, 5) is 0. The minimum Gasteiger partial charge on any atom is -0.101 e. The van der Waals surface area contributed by atoms with Gasteiger partial charge in [0, 0.05) is 5.41 Å². The van der Waals surface area contributed by atoms with Crippen LogP contribution < -0.4 is 0 Å². The average Bonchev–Trinajstić information content (AvgIpc) is 2.67. The fraction of sp³-hybridized carbons (Fsp3) is 0.538. The van der Waals surface area contributed by atoms with Gasteiger partial charge in [0.25, 0.3) is 0 Å². The third-order valence-corrected chi connectivity index (χ3v) is 4.96. The van der Waals surface area contributed by atoms with Crippen molar-refractivity contribution in [2.75, 3.05) is 0 Å². The molecule has 0 heterocycles. The Hall–Kier alpha value is -0.200. The van der Waals surface area contributed by atoms with Gasteiger partial charge >= 0.3 is 0 Å². The number of aryl methyl sites for hydroxylation is 1.